The summed E-state index contributed by atoms with van der Waals surface area (Å²) in [6.07, 6.45) is 0.143. The van der Waals surface area contributed by atoms with Crippen molar-refractivity contribution in [3.05, 3.63) is 29.8 Å². The molecule has 2 amide bonds. The standard InChI is InChI=1S/C15H23N3O3/c1-3-21-14-7-5-4-6-12(14)13(18-11(2)19)10-15(20)17-9-8-16/h4-7,13H,3,8-10,16H2,1-2H3,(H,17,20)(H,18,19). The van der Waals surface area contributed by atoms with Crippen LogP contribution in [0, 0.1) is 0 Å². The summed E-state index contributed by atoms with van der Waals surface area (Å²) in [5, 5.41) is 5.49. The second-order valence-electron chi connectivity index (χ2n) is 4.57. The largest absolute Gasteiger partial charge is 0.494 e. The highest BCUT2D eigenvalue weighted by Gasteiger charge is 2.20. The van der Waals surface area contributed by atoms with E-state index in [2.05, 4.69) is 10.6 Å². The molecule has 116 valence electrons. The summed E-state index contributed by atoms with van der Waals surface area (Å²) in [5.74, 6) is 0.314. The van der Waals surface area contributed by atoms with Crippen molar-refractivity contribution in [1.82, 2.24) is 10.6 Å². The van der Waals surface area contributed by atoms with Gasteiger partial charge in [0, 0.05) is 25.6 Å². The smallest absolute Gasteiger partial charge is 0.222 e. The van der Waals surface area contributed by atoms with Crippen molar-refractivity contribution >= 4 is 11.8 Å². The lowest BCUT2D eigenvalue weighted by Gasteiger charge is -2.20. The zero-order valence-electron chi connectivity index (χ0n) is 12.5. The summed E-state index contributed by atoms with van der Waals surface area (Å²) in [7, 11) is 0. The predicted molar refractivity (Wildman–Crippen MR) is 80.8 cm³/mol. The van der Waals surface area contributed by atoms with Crippen LogP contribution in [0.1, 0.15) is 31.9 Å². The second kappa shape index (κ2) is 8.97. The van der Waals surface area contributed by atoms with Crippen LogP contribution in [-0.4, -0.2) is 31.5 Å². The highest BCUT2D eigenvalue weighted by Crippen LogP contribution is 2.27. The number of amides is 2. The molecule has 0 aliphatic carbocycles. The number of rotatable bonds is 8. The van der Waals surface area contributed by atoms with Crippen molar-refractivity contribution in [2.45, 2.75) is 26.3 Å². The summed E-state index contributed by atoms with van der Waals surface area (Å²) >= 11 is 0. The normalized spacial score (nSPS) is 11.6. The molecule has 0 saturated carbocycles. The fourth-order valence-electron chi connectivity index (χ4n) is 2.01. The highest BCUT2D eigenvalue weighted by molar-refractivity contribution is 5.79. The van der Waals surface area contributed by atoms with E-state index in [4.69, 9.17) is 10.5 Å². The molecular formula is C15H23N3O3. The first kappa shape index (κ1) is 17.0. The Labute approximate surface area is 125 Å². The van der Waals surface area contributed by atoms with E-state index in [1.807, 2.05) is 31.2 Å². The minimum Gasteiger partial charge on any atom is -0.494 e. The van der Waals surface area contributed by atoms with Gasteiger partial charge in [0.2, 0.25) is 11.8 Å². The number of carbonyl (C=O) groups is 2. The topological polar surface area (TPSA) is 93.4 Å². The lowest BCUT2D eigenvalue weighted by atomic mass is 10.0. The maximum absolute atomic E-state index is 11.9. The highest BCUT2D eigenvalue weighted by atomic mass is 16.5. The fourth-order valence-corrected chi connectivity index (χ4v) is 2.01. The number of hydrogen-bond acceptors (Lipinski definition) is 4. The van der Waals surface area contributed by atoms with Gasteiger partial charge in [-0.15, -0.1) is 0 Å². The van der Waals surface area contributed by atoms with Crippen LogP contribution in [0.25, 0.3) is 0 Å². The Morgan fingerprint density at radius 3 is 2.67 bits per heavy atom. The molecule has 21 heavy (non-hydrogen) atoms. The third kappa shape index (κ3) is 5.83. The van der Waals surface area contributed by atoms with Crippen LogP contribution in [0.4, 0.5) is 0 Å². The zero-order valence-corrected chi connectivity index (χ0v) is 12.5. The van der Waals surface area contributed by atoms with Crippen LogP contribution in [0.5, 0.6) is 5.75 Å². The fraction of sp³-hybridized carbons (Fsp3) is 0.467. The molecule has 0 fully saturated rings. The van der Waals surface area contributed by atoms with Gasteiger partial charge in [-0.3, -0.25) is 9.59 Å². The van der Waals surface area contributed by atoms with E-state index in [1.54, 1.807) is 0 Å². The van der Waals surface area contributed by atoms with Gasteiger partial charge in [0.15, 0.2) is 0 Å². The molecule has 0 spiro atoms. The van der Waals surface area contributed by atoms with E-state index in [0.29, 0.717) is 25.4 Å². The molecule has 4 N–H and O–H groups in total. The summed E-state index contributed by atoms with van der Waals surface area (Å²) in [6, 6.07) is 6.95. The molecule has 1 rings (SSSR count). The summed E-state index contributed by atoms with van der Waals surface area (Å²) < 4.78 is 5.56. The number of nitrogens with two attached hydrogens (primary N) is 1. The summed E-state index contributed by atoms with van der Waals surface area (Å²) in [4.78, 5) is 23.3. The van der Waals surface area contributed by atoms with Gasteiger partial charge in [0.25, 0.3) is 0 Å². The van der Waals surface area contributed by atoms with E-state index in [0.717, 1.165) is 5.56 Å². The average molecular weight is 293 g/mol. The molecule has 6 heteroatoms. The van der Waals surface area contributed by atoms with E-state index >= 15 is 0 Å². The molecule has 0 aromatic heterocycles. The Morgan fingerprint density at radius 1 is 1.33 bits per heavy atom. The van der Waals surface area contributed by atoms with Crippen LogP contribution >= 0.6 is 0 Å². The Hall–Kier alpha value is -2.08. The van der Waals surface area contributed by atoms with Crippen molar-refractivity contribution in [3.63, 3.8) is 0 Å². The van der Waals surface area contributed by atoms with Gasteiger partial charge in [-0.05, 0) is 13.0 Å². The molecule has 1 aromatic carbocycles. The van der Waals surface area contributed by atoms with Crippen LogP contribution in [0.15, 0.2) is 24.3 Å². The van der Waals surface area contributed by atoms with Crippen LogP contribution < -0.4 is 21.1 Å². The first-order valence-corrected chi connectivity index (χ1v) is 7.04. The zero-order chi connectivity index (χ0) is 15.7. The maximum atomic E-state index is 11.9. The van der Waals surface area contributed by atoms with E-state index in [1.165, 1.54) is 6.92 Å². The maximum Gasteiger partial charge on any atom is 0.222 e. The monoisotopic (exact) mass is 293 g/mol. The lowest BCUT2D eigenvalue weighted by molar-refractivity contribution is -0.122. The third-order valence-corrected chi connectivity index (χ3v) is 2.83. The van der Waals surface area contributed by atoms with Crippen LogP contribution in [0.2, 0.25) is 0 Å². The van der Waals surface area contributed by atoms with Crippen molar-refractivity contribution < 1.29 is 14.3 Å². The summed E-state index contributed by atoms with van der Waals surface area (Å²) in [6.45, 7) is 4.63. The first-order chi connectivity index (χ1) is 10.1. The Kier molecular flexibility index (Phi) is 7.25. The van der Waals surface area contributed by atoms with E-state index < -0.39 is 6.04 Å². The summed E-state index contributed by atoms with van der Waals surface area (Å²) in [5.41, 5.74) is 6.15. The van der Waals surface area contributed by atoms with Gasteiger partial charge in [0.1, 0.15) is 5.75 Å². The van der Waals surface area contributed by atoms with Gasteiger partial charge in [-0.2, -0.15) is 0 Å². The van der Waals surface area contributed by atoms with Crippen molar-refractivity contribution in [3.8, 4) is 5.75 Å². The van der Waals surface area contributed by atoms with E-state index in [-0.39, 0.29) is 18.2 Å². The predicted octanol–water partition coefficient (Wildman–Crippen LogP) is 0.728. The molecule has 1 atom stereocenters. The molecule has 0 aliphatic heterocycles. The Morgan fingerprint density at radius 2 is 2.05 bits per heavy atom. The van der Waals surface area contributed by atoms with Crippen molar-refractivity contribution in [1.29, 1.82) is 0 Å². The molecule has 1 aromatic rings. The minimum absolute atomic E-state index is 0.143. The third-order valence-electron chi connectivity index (χ3n) is 2.83. The number of para-hydroxylation sites is 1. The molecule has 0 heterocycles. The minimum atomic E-state index is -0.428. The Balaban J connectivity index is 2.91. The number of benzene rings is 1. The van der Waals surface area contributed by atoms with Crippen LogP contribution in [0.3, 0.4) is 0 Å². The first-order valence-electron chi connectivity index (χ1n) is 7.04. The van der Waals surface area contributed by atoms with Gasteiger partial charge in [-0.25, -0.2) is 0 Å². The second-order valence-corrected chi connectivity index (χ2v) is 4.57. The lowest BCUT2D eigenvalue weighted by Crippen LogP contribution is -2.34. The van der Waals surface area contributed by atoms with Gasteiger partial charge < -0.3 is 21.1 Å². The van der Waals surface area contributed by atoms with Crippen molar-refractivity contribution in [2.24, 2.45) is 5.73 Å². The number of ether oxygens (including phenoxy) is 1. The van der Waals surface area contributed by atoms with E-state index in [9.17, 15) is 9.59 Å². The molecule has 6 nitrogen and oxygen atoms in total. The van der Waals surface area contributed by atoms with Gasteiger partial charge in [0.05, 0.1) is 19.1 Å². The molecule has 0 radical (unpaired) electrons. The van der Waals surface area contributed by atoms with Crippen LogP contribution in [-0.2, 0) is 9.59 Å². The SMILES string of the molecule is CCOc1ccccc1C(CC(=O)NCCN)NC(C)=O. The average Bonchev–Trinajstić information content (AvgIpc) is 2.45. The number of carbonyl (C=O) groups excluding carboxylic acids is 2. The number of hydrogen-bond donors (Lipinski definition) is 3. The number of nitrogens with one attached hydrogen (secondary N) is 2. The molecule has 0 aliphatic rings. The van der Waals surface area contributed by atoms with Gasteiger partial charge in [-0.1, -0.05) is 18.2 Å². The molecule has 1 unspecified atom stereocenters. The van der Waals surface area contributed by atoms with Crippen molar-refractivity contribution in [2.75, 3.05) is 19.7 Å². The molecule has 0 saturated heterocycles. The Bertz CT molecular complexity index is 477. The molecular weight excluding hydrogens is 270 g/mol. The molecule has 0 bridgehead atoms. The van der Waals surface area contributed by atoms with Gasteiger partial charge >= 0.3 is 0 Å². The quantitative estimate of drug-likeness (QED) is 0.658.